The smallest absolute Gasteiger partial charge is 0.171 e. The monoisotopic (exact) mass is 273 g/mol. The number of rotatable bonds is 2. The number of hydrogen-bond donors (Lipinski definition) is 1. The summed E-state index contributed by atoms with van der Waals surface area (Å²) in [4.78, 5) is 2.55. The van der Waals surface area contributed by atoms with Crippen molar-refractivity contribution < 1.29 is 4.52 Å². The third kappa shape index (κ3) is 1.60. The molecule has 2 N–H and O–H groups in total. The Morgan fingerprint density at radius 3 is 2.35 bits per heavy atom. The van der Waals surface area contributed by atoms with Crippen LogP contribution in [0.1, 0.15) is 49.8 Å². The summed E-state index contributed by atoms with van der Waals surface area (Å²) in [5, 5.41) is 3.88. The minimum absolute atomic E-state index is 0.605. The Morgan fingerprint density at radius 2 is 1.75 bits per heavy atom. The third-order valence-corrected chi connectivity index (χ3v) is 6.37. The van der Waals surface area contributed by atoms with Crippen molar-refractivity contribution in [3.8, 4) is 0 Å². The van der Waals surface area contributed by atoms with Crippen LogP contribution in [-0.4, -0.2) is 16.6 Å². The largest absolute Gasteiger partial charge is 0.381 e. The maximum atomic E-state index is 5.88. The molecule has 1 aromatic heterocycles. The van der Waals surface area contributed by atoms with Gasteiger partial charge in [-0.2, -0.15) is 0 Å². The minimum atomic E-state index is 0.605. The molecular formula is C16H23N3O. The Morgan fingerprint density at radius 1 is 1.10 bits per heavy atom. The Kier molecular flexibility index (Phi) is 2.20. The summed E-state index contributed by atoms with van der Waals surface area (Å²) >= 11 is 0. The first kappa shape index (κ1) is 11.6. The third-order valence-electron chi connectivity index (χ3n) is 6.37. The van der Waals surface area contributed by atoms with Crippen LogP contribution in [0.15, 0.2) is 4.52 Å². The number of anilines is 1. The fraction of sp³-hybridized carbons (Fsp3) is 0.812. The van der Waals surface area contributed by atoms with Gasteiger partial charge in [-0.15, -0.1) is 0 Å². The van der Waals surface area contributed by atoms with E-state index in [1.807, 2.05) is 0 Å². The standard InChI is InChI=1S/C16H23N3O/c17-15-13-7-19(8-14(13)20-18-15)9-16-4-10-1-11(5-16)3-12(2-10)6-16/h10-12H,1-9H2,(H2,17,18). The van der Waals surface area contributed by atoms with Crippen molar-refractivity contribution in [3.63, 3.8) is 0 Å². The number of nitrogen functional groups attached to an aromatic ring is 1. The zero-order valence-electron chi connectivity index (χ0n) is 12.0. The second-order valence-corrected chi connectivity index (χ2v) is 8.03. The molecule has 0 unspecified atom stereocenters. The Labute approximate surface area is 119 Å². The predicted molar refractivity (Wildman–Crippen MR) is 75.6 cm³/mol. The van der Waals surface area contributed by atoms with Crippen LogP contribution in [0, 0.1) is 23.2 Å². The molecule has 0 radical (unpaired) electrons. The fourth-order valence-corrected chi connectivity index (χ4v) is 6.20. The summed E-state index contributed by atoms with van der Waals surface area (Å²) in [6.45, 7) is 3.12. The van der Waals surface area contributed by atoms with Crippen molar-refractivity contribution in [1.82, 2.24) is 10.1 Å². The van der Waals surface area contributed by atoms with Gasteiger partial charge in [-0.25, -0.2) is 0 Å². The van der Waals surface area contributed by atoms with Gasteiger partial charge >= 0.3 is 0 Å². The van der Waals surface area contributed by atoms with Crippen molar-refractivity contribution in [2.45, 2.75) is 51.6 Å². The van der Waals surface area contributed by atoms with Gasteiger partial charge in [0.15, 0.2) is 11.6 Å². The van der Waals surface area contributed by atoms with E-state index in [1.165, 1.54) is 45.1 Å². The molecule has 20 heavy (non-hydrogen) atoms. The molecule has 0 amide bonds. The van der Waals surface area contributed by atoms with Crippen molar-refractivity contribution in [1.29, 1.82) is 0 Å². The Balaban J connectivity index is 1.35. The molecule has 0 atom stereocenters. The number of aromatic nitrogens is 1. The normalized spacial score (nSPS) is 42.3. The lowest BCUT2D eigenvalue weighted by Crippen LogP contribution is -2.50. The number of fused-ring (bicyclic) bond motifs is 1. The number of hydrogen-bond acceptors (Lipinski definition) is 4. The molecule has 4 bridgehead atoms. The van der Waals surface area contributed by atoms with Crippen molar-refractivity contribution in [2.75, 3.05) is 12.3 Å². The summed E-state index contributed by atoms with van der Waals surface area (Å²) in [5.41, 5.74) is 7.64. The van der Waals surface area contributed by atoms with Crippen LogP contribution in [0.4, 0.5) is 5.82 Å². The lowest BCUT2D eigenvalue weighted by Gasteiger charge is -2.57. The van der Waals surface area contributed by atoms with Crippen LogP contribution < -0.4 is 5.73 Å². The molecule has 0 spiro atoms. The first-order chi connectivity index (χ1) is 9.69. The maximum absolute atomic E-state index is 5.88. The second-order valence-electron chi connectivity index (χ2n) is 8.03. The van der Waals surface area contributed by atoms with Gasteiger partial charge in [0.1, 0.15) is 0 Å². The predicted octanol–water partition coefficient (Wildman–Crippen LogP) is 2.79. The minimum Gasteiger partial charge on any atom is -0.381 e. The van der Waals surface area contributed by atoms with Crippen LogP contribution in [-0.2, 0) is 13.1 Å². The average Bonchev–Trinajstić information content (AvgIpc) is 2.89. The first-order valence-electron chi connectivity index (χ1n) is 8.14. The van der Waals surface area contributed by atoms with Crippen LogP contribution in [0.5, 0.6) is 0 Å². The lowest BCUT2D eigenvalue weighted by atomic mass is 9.49. The second kappa shape index (κ2) is 3.79. The van der Waals surface area contributed by atoms with E-state index in [0.717, 1.165) is 42.2 Å². The van der Waals surface area contributed by atoms with Gasteiger partial charge in [-0.05, 0) is 61.7 Å². The number of nitrogens with two attached hydrogens (primary N) is 1. The zero-order valence-corrected chi connectivity index (χ0v) is 12.0. The summed E-state index contributed by atoms with van der Waals surface area (Å²) in [7, 11) is 0. The quantitative estimate of drug-likeness (QED) is 0.900. The number of nitrogens with zero attached hydrogens (tertiary/aromatic N) is 2. The molecule has 108 valence electrons. The van der Waals surface area contributed by atoms with Gasteiger partial charge < -0.3 is 10.3 Å². The molecule has 4 fully saturated rings. The molecule has 4 heteroatoms. The van der Waals surface area contributed by atoms with Gasteiger partial charge in [0.05, 0.1) is 12.1 Å². The molecule has 2 heterocycles. The van der Waals surface area contributed by atoms with E-state index in [9.17, 15) is 0 Å². The van der Waals surface area contributed by atoms with E-state index in [4.69, 9.17) is 10.3 Å². The molecular weight excluding hydrogens is 250 g/mol. The van der Waals surface area contributed by atoms with Crippen LogP contribution in [0.25, 0.3) is 0 Å². The van der Waals surface area contributed by atoms with E-state index in [1.54, 1.807) is 0 Å². The topological polar surface area (TPSA) is 55.3 Å². The van der Waals surface area contributed by atoms with E-state index < -0.39 is 0 Å². The summed E-state index contributed by atoms with van der Waals surface area (Å²) < 4.78 is 5.34. The zero-order chi connectivity index (χ0) is 13.3. The molecule has 5 aliphatic rings. The Bertz CT molecular complexity index is 515. The van der Waals surface area contributed by atoms with E-state index >= 15 is 0 Å². The van der Waals surface area contributed by atoms with Crippen LogP contribution in [0.3, 0.4) is 0 Å². The van der Waals surface area contributed by atoms with Crippen molar-refractivity contribution >= 4 is 5.82 Å². The molecule has 0 aromatic carbocycles. The maximum Gasteiger partial charge on any atom is 0.171 e. The van der Waals surface area contributed by atoms with Crippen LogP contribution >= 0.6 is 0 Å². The molecule has 4 nitrogen and oxygen atoms in total. The van der Waals surface area contributed by atoms with Gasteiger partial charge in [0.25, 0.3) is 0 Å². The van der Waals surface area contributed by atoms with Gasteiger partial charge in [0, 0.05) is 13.1 Å². The highest BCUT2D eigenvalue weighted by Gasteiger charge is 2.51. The summed E-state index contributed by atoms with van der Waals surface area (Å²) in [6, 6.07) is 0. The molecule has 0 saturated heterocycles. The van der Waals surface area contributed by atoms with Gasteiger partial charge in [-0.1, -0.05) is 5.16 Å². The average molecular weight is 273 g/mol. The fourth-order valence-electron chi connectivity index (χ4n) is 6.20. The highest BCUT2D eigenvalue weighted by Crippen LogP contribution is 2.60. The van der Waals surface area contributed by atoms with Crippen molar-refractivity contribution in [3.05, 3.63) is 11.3 Å². The van der Waals surface area contributed by atoms with Crippen molar-refractivity contribution in [2.24, 2.45) is 23.2 Å². The highest BCUT2D eigenvalue weighted by atomic mass is 16.5. The summed E-state index contributed by atoms with van der Waals surface area (Å²) in [6.07, 6.45) is 9.00. The van der Waals surface area contributed by atoms with E-state index in [0.29, 0.717) is 11.2 Å². The van der Waals surface area contributed by atoms with Crippen LogP contribution in [0.2, 0.25) is 0 Å². The molecule has 6 rings (SSSR count). The summed E-state index contributed by atoms with van der Waals surface area (Å²) in [5.74, 6) is 4.71. The molecule has 1 aromatic rings. The highest BCUT2D eigenvalue weighted by molar-refractivity contribution is 5.42. The Hall–Kier alpha value is -1.03. The first-order valence-corrected chi connectivity index (χ1v) is 8.14. The van der Waals surface area contributed by atoms with E-state index in [2.05, 4.69) is 10.1 Å². The molecule has 4 aliphatic carbocycles. The van der Waals surface area contributed by atoms with Gasteiger partial charge in [-0.3, -0.25) is 4.90 Å². The molecule has 1 aliphatic heterocycles. The lowest BCUT2D eigenvalue weighted by molar-refractivity contribution is -0.0703. The van der Waals surface area contributed by atoms with Gasteiger partial charge in [0.2, 0.25) is 0 Å². The molecule has 4 saturated carbocycles. The SMILES string of the molecule is Nc1noc2c1CN(CC13CC4CC(CC(C4)C1)C3)C2. The van der Waals surface area contributed by atoms with E-state index in [-0.39, 0.29) is 0 Å².